The van der Waals surface area contributed by atoms with Crippen LogP contribution < -0.4 is 0 Å². The van der Waals surface area contributed by atoms with Crippen molar-refractivity contribution in [1.82, 2.24) is 4.98 Å². The zero-order chi connectivity index (χ0) is 9.31. The highest BCUT2D eigenvalue weighted by Gasteiger charge is 2.36. The normalized spacial score (nSPS) is 34.8. The maximum atomic E-state index is 10.3. The first kappa shape index (κ1) is 9.12. The Morgan fingerprint density at radius 1 is 1.77 bits per heavy atom. The van der Waals surface area contributed by atoms with Crippen molar-refractivity contribution >= 4 is 11.3 Å². The van der Waals surface area contributed by atoms with Gasteiger partial charge in [0.2, 0.25) is 0 Å². The summed E-state index contributed by atoms with van der Waals surface area (Å²) in [5.41, 5.74) is 1.06. The van der Waals surface area contributed by atoms with E-state index in [-0.39, 0.29) is 6.10 Å². The molecule has 4 heteroatoms. The van der Waals surface area contributed by atoms with Crippen LogP contribution in [0, 0.1) is 0 Å². The first-order valence-electron chi connectivity index (χ1n) is 4.44. The van der Waals surface area contributed by atoms with Gasteiger partial charge < -0.3 is 9.84 Å². The lowest BCUT2D eigenvalue weighted by atomic mass is 9.90. The molecule has 0 aromatic carbocycles. The molecule has 0 saturated carbocycles. The number of hydrogen-bond acceptors (Lipinski definition) is 4. The molecule has 1 N–H and O–H groups in total. The third kappa shape index (κ3) is 1.75. The largest absolute Gasteiger partial charge is 0.384 e. The summed E-state index contributed by atoms with van der Waals surface area (Å²) in [5.74, 6) is 0. The van der Waals surface area contributed by atoms with Gasteiger partial charge >= 0.3 is 0 Å². The molecule has 1 aliphatic heterocycles. The topological polar surface area (TPSA) is 42.4 Å². The molecule has 2 rings (SSSR count). The highest BCUT2D eigenvalue weighted by Crippen LogP contribution is 2.36. The van der Waals surface area contributed by atoms with E-state index in [1.165, 1.54) is 11.3 Å². The Balaban J connectivity index is 2.20. The van der Waals surface area contributed by atoms with Crippen LogP contribution in [-0.2, 0) is 10.3 Å². The summed E-state index contributed by atoms with van der Waals surface area (Å²) in [6, 6.07) is 0. The fraction of sp³-hybridized carbons (Fsp3) is 0.667. The zero-order valence-electron chi connectivity index (χ0n) is 7.56. The van der Waals surface area contributed by atoms with Gasteiger partial charge in [0.15, 0.2) is 0 Å². The van der Waals surface area contributed by atoms with Gasteiger partial charge in [-0.15, -0.1) is 11.3 Å². The van der Waals surface area contributed by atoms with Crippen LogP contribution in [0.5, 0.6) is 0 Å². The lowest BCUT2D eigenvalue weighted by Crippen LogP contribution is -2.36. The van der Waals surface area contributed by atoms with E-state index < -0.39 is 5.60 Å². The minimum Gasteiger partial charge on any atom is -0.384 e. The molecule has 0 bridgehead atoms. The summed E-state index contributed by atoms with van der Waals surface area (Å²) in [4.78, 5) is 4.95. The maximum Gasteiger partial charge on any atom is 0.105 e. The average Bonchev–Trinajstić information content (AvgIpc) is 2.55. The van der Waals surface area contributed by atoms with Crippen LogP contribution in [-0.4, -0.2) is 22.8 Å². The van der Waals surface area contributed by atoms with Crippen LogP contribution in [0.1, 0.15) is 24.6 Å². The van der Waals surface area contributed by atoms with Crippen LogP contribution in [0.2, 0.25) is 0 Å². The molecule has 3 nitrogen and oxygen atoms in total. The number of hydrogen-bond donors (Lipinski definition) is 1. The first-order chi connectivity index (χ1) is 6.21. The van der Waals surface area contributed by atoms with Gasteiger partial charge in [-0.05, 0) is 6.92 Å². The summed E-state index contributed by atoms with van der Waals surface area (Å²) in [7, 11) is 0. The van der Waals surface area contributed by atoms with Crippen molar-refractivity contribution in [3.63, 3.8) is 0 Å². The minimum atomic E-state index is -0.696. The summed E-state index contributed by atoms with van der Waals surface area (Å²) in [6.07, 6.45) is 3.25. The summed E-state index contributed by atoms with van der Waals surface area (Å²) >= 11 is 1.51. The molecule has 0 spiro atoms. The van der Waals surface area contributed by atoms with Crippen molar-refractivity contribution in [1.29, 1.82) is 0 Å². The molecule has 1 aliphatic rings. The predicted molar refractivity (Wildman–Crippen MR) is 50.7 cm³/mol. The van der Waals surface area contributed by atoms with Gasteiger partial charge in [0.25, 0.3) is 0 Å². The van der Waals surface area contributed by atoms with Crippen molar-refractivity contribution < 1.29 is 9.84 Å². The van der Waals surface area contributed by atoms with E-state index in [1.807, 2.05) is 6.92 Å². The molecule has 1 fully saturated rings. The Bertz CT molecular complexity index is 275. The van der Waals surface area contributed by atoms with Crippen LogP contribution >= 0.6 is 11.3 Å². The second-order valence-corrected chi connectivity index (χ2v) is 4.42. The van der Waals surface area contributed by atoms with Crippen LogP contribution in [0.3, 0.4) is 0 Å². The van der Waals surface area contributed by atoms with Gasteiger partial charge in [-0.3, -0.25) is 4.98 Å². The van der Waals surface area contributed by atoms with Crippen molar-refractivity contribution in [2.45, 2.75) is 31.5 Å². The lowest BCUT2D eigenvalue weighted by Gasteiger charge is -2.34. The Morgan fingerprint density at radius 2 is 2.62 bits per heavy atom. The quantitative estimate of drug-likeness (QED) is 0.745. The smallest absolute Gasteiger partial charge is 0.105 e. The van der Waals surface area contributed by atoms with Crippen molar-refractivity contribution in [2.75, 3.05) is 6.61 Å². The first-order valence-corrected chi connectivity index (χ1v) is 5.32. The molecule has 2 atom stereocenters. The third-order valence-corrected chi connectivity index (χ3v) is 3.40. The predicted octanol–water partition coefficient (Wildman–Crippen LogP) is 1.53. The van der Waals surface area contributed by atoms with E-state index in [4.69, 9.17) is 4.74 Å². The molecule has 2 unspecified atom stereocenters. The van der Waals surface area contributed by atoms with E-state index in [1.54, 1.807) is 11.7 Å². The molecule has 72 valence electrons. The van der Waals surface area contributed by atoms with E-state index in [0.717, 1.165) is 4.88 Å². The molecule has 1 aromatic rings. The monoisotopic (exact) mass is 199 g/mol. The van der Waals surface area contributed by atoms with Gasteiger partial charge in [0.05, 0.1) is 23.1 Å². The zero-order valence-corrected chi connectivity index (χ0v) is 8.38. The Morgan fingerprint density at radius 3 is 3.23 bits per heavy atom. The fourth-order valence-corrected chi connectivity index (χ4v) is 2.50. The Labute approximate surface area is 81.4 Å². The Hall–Kier alpha value is -0.450. The number of thiazole rings is 1. The van der Waals surface area contributed by atoms with Crippen molar-refractivity contribution in [3.05, 3.63) is 16.6 Å². The molecule has 0 radical (unpaired) electrons. The summed E-state index contributed by atoms with van der Waals surface area (Å²) in [6.45, 7) is 2.63. The number of aromatic nitrogens is 1. The highest BCUT2D eigenvalue weighted by molar-refractivity contribution is 7.09. The summed E-state index contributed by atoms with van der Waals surface area (Å²) in [5, 5.41) is 10.3. The van der Waals surface area contributed by atoms with Crippen LogP contribution in [0.15, 0.2) is 11.7 Å². The second-order valence-electron chi connectivity index (χ2n) is 3.53. The van der Waals surface area contributed by atoms with Gasteiger partial charge in [0.1, 0.15) is 5.60 Å². The van der Waals surface area contributed by atoms with Crippen molar-refractivity contribution in [3.8, 4) is 0 Å². The van der Waals surface area contributed by atoms with E-state index in [0.29, 0.717) is 19.4 Å². The highest BCUT2D eigenvalue weighted by atomic mass is 32.1. The number of rotatable bonds is 1. The van der Waals surface area contributed by atoms with Gasteiger partial charge in [0, 0.05) is 19.0 Å². The molecule has 0 aliphatic carbocycles. The molecule has 2 heterocycles. The van der Waals surface area contributed by atoms with Crippen LogP contribution in [0.25, 0.3) is 0 Å². The number of nitrogens with zero attached hydrogens (tertiary/aromatic N) is 1. The molecule has 1 aromatic heterocycles. The van der Waals surface area contributed by atoms with Gasteiger partial charge in [-0.1, -0.05) is 0 Å². The SMILES string of the molecule is CC1CC(O)(c2cncs2)CCO1. The van der Waals surface area contributed by atoms with Crippen LogP contribution in [0.4, 0.5) is 0 Å². The number of ether oxygens (including phenoxy) is 1. The fourth-order valence-electron chi connectivity index (χ4n) is 1.73. The minimum absolute atomic E-state index is 0.140. The van der Waals surface area contributed by atoms with Gasteiger partial charge in [-0.25, -0.2) is 0 Å². The molecule has 1 saturated heterocycles. The second kappa shape index (κ2) is 3.36. The van der Waals surface area contributed by atoms with E-state index >= 15 is 0 Å². The molecule has 13 heavy (non-hydrogen) atoms. The van der Waals surface area contributed by atoms with Crippen molar-refractivity contribution in [2.24, 2.45) is 0 Å². The molecule has 0 amide bonds. The van der Waals surface area contributed by atoms with Gasteiger partial charge in [-0.2, -0.15) is 0 Å². The average molecular weight is 199 g/mol. The summed E-state index contributed by atoms with van der Waals surface area (Å²) < 4.78 is 5.40. The maximum absolute atomic E-state index is 10.3. The molecular formula is C9H13NO2S. The Kier molecular flexibility index (Phi) is 2.36. The standard InChI is InChI=1S/C9H13NO2S/c1-7-4-9(11,2-3-12-7)8-5-10-6-13-8/h5-7,11H,2-4H2,1H3. The third-order valence-electron chi connectivity index (χ3n) is 2.43. The number of aliphatic hydroxyl groups is 1. The lowest BCUT2D eigenvalue weighted by molar-refractivity contribution is -0.0995. The van der Waals surface area contributed by atoms with E-state index in [2.05, 4.69) is 4.98 Å². The van der Waals surface area contributed by atoms with E-state index in [9.17, 15) is 5.11 Å². The molecular weight excluding hydrogens is 186 g/mol.